The molecular formula is C13H16ClNO5S. The summed E-state index contributed by atoms with van der Waals surface area (Å²) in [5.74, 6) is -0.613. The van der Waals surface area contributed by atoms with Gasteiger partial charge in [-0.25, -0.2) is 13.2 Å². The number of benzene rings is 1. The summed E-state index contributed by atoms with van der Waals surface area (Å²) in [6.07, 6.45) is -0.184. The van der Waals surface area contributed by atoms with Crippen molar-refractivity contribution in [3.05, 3.63) is 28.8 Å². The van der Waals surface area contributed by atoms with Gasteiger partial charge in [0.15, 0.2) is 0 Å². The Kier molecular flexibility index (Phi) is 4.88. The first-order chi connectivity index (χ1) is 9.86. The number of hydrogen-bond donors (Lipinski definition) is 0. The van der Waals surface area contributed by atoms with Crippen molar-refractivity contribution in [1.29, 1.82) is 0 Å². The molecule has 0 N–H and O–H groups in total. The number of esters is 1. The first-order valence-corrected chi connectivity index (χ1v) is 8.17. The minimum atomic E-state index is -3.78. The van der Waals surface area contributed by atoms with E-state index >= 15 is 0 Å². The Morgan fingerprint density at radius 1 is 1.48 bits per heavy atom. The Morgan fingerprint density at radius 2 is 2.19 bits per heavy atom. The van der Waals surface area contributed by atoms with E-state index in [4.69, 9.17) is 16.3 Å². The molecule has 1 aliphatic heterocycles. The molecule has 0 saturated carbocycles. The molecule has 116 valence electrons. The smallest absolute Gasteiger partial charge is 0.337 e. The molecule has 8 heteroatoms. The maximum atomic E-state index is 12.7. The van der Waals surface area contributed by atoms with Crippen molar-refractivity contribution in [3.8, 4) is 0 Å². The lowest BCUT2D eigenvalue weighted by Crippen LogP contribution is -2.44. The molecule has 1 aliphatic rings. The first kappa shape index (κ1) is 16.2. The Hall–Kier alpha value is -1.15. The van der Waals surface area contributed by atoms with Crippen molar-refractivity contribution >= 4 is 27.6 Å². The topological polar surface area (TPSA) is 72.9 Å². The predicted octanol–water partition coefficient (Wildman–Crippen LogP) is 1.54. The normalized spacial score (nSPS) is 20.2. The molecule has 1 unspecified atom stereocenters. The lowest BCUT2D eigenvalue weighted by Gasteiger charge is -2.30. The summed E-state index contributed by atoms with van der Waals surface area (Å²) in [7, 11) is -2.55. The van der Waals surface area contributed by atoms with E-state index in [0.717, 1.165) is 0 Å². The number of carbonyl (C=O) groups excluding carboxylic acids is 1. The van der Waals surface area contributed by atoms with Crippen LogP contribution >= 0.6 is 11.6 Å². The van der Waals surface area contributed by atoms with E-state index < -0.39 is 16.0 Å². The Balaban J connectivity index is 2.41. The highest BCUT2D eigenvalue weighted by atomic mass is 35.5. The molecule has 0 bridgehead atoms. The second-order valence-electron chi connectivity index (χ2n) is 4.68. The number of ether oxygens (including phenoxy) is 2. The molecule has 1 saturated heterocycles. The number of rotatable bonds is 3. The summed E-state index contributed by atoms with van der Waals surface area (Å²) in [5, 5.41) is 0.0711. The molecule has 2 rings (SSSR count). The second-order valence-corrected chi connectivity index (χ2v) is 6.99. The molecule has 0 radical (unpaired) electrons. The van der Waals surface area contributed by atoms with Crippen LogP contribution in [0.15, 0.2) is 23.1 Å². The molecule has 0 aliphatic carbocycles. The molecule has 6 nitrogen and oxygen atoms in total. The highest BCUT2D eigenvalue weighted by molar-refractivity contribution is 7.89. The Labute approximate surface area is 128 Å². The summed E-state index contributed by atoms with van der Waals surface area (Å²) in [6.45, 7) is 2.63. The maximum Gasteiger partial charge on any atom is 0.337 e. The summed E-state index contributed by atoms with van der Waals surface area (Å²) in [6, 6.07) is 4.04. The maximum absolute atomic E-state index is 12.7. The standard InChI is InChI=1S/C13H16ClNO5S/c1-9-8-15(5-6-20-9)21(17,18)12-7-10(13(16)19-2)3-4-11(12)14/h3-4,7,9H,5-6,8H2,1-2H3. The van der Waals surface area contributed by atoms with Gasteiger partial charge in [0.05, 0.1) is 30.4 Å². The van der Waals surface area contributed by atoms with Crippen molar-refractivity contribution in [2.45, 2.75) is 17.9 Å². The fraction of sp³-hybridized carbons (Fsp3) is 0.462. The number of halogens is 1. The highest BCUT2D eigenvalue weighted by Crippen LogP contribution is 2.27. The van der Waals surface area contributed by atoms with Gasteiger partial charge in [-0.2, -0.15) is 4.31 Å². The fourth-order valence-corrected chi connectivity index (χ4v) is 4.09. The van der Waals surface area contributed by atoms with E-state index in [9.17, 15) is 13.2 Å². The zero-order chi connectivity index (χ0) is 15.6. The van der Waals surface area contributed by atoms with Crippen LogP contribution in [-0.4, -0.2) is 51.6 Å². The lowest BCUT2D eigenvalue weighted by molar-refractivity contribution is 0.0102. The average molecular weight is 334 g/mol. The number of sulfonamides is 1. The quantitative estimate of drug-likeness (QED) is 0.784. The van der Waals surface area contributed by atoms with Gasteiger partial charge in [-0.15, -0.1) is 0 Å². The van der Waals surface area contributed by atoms with Crippen LogP contribution < -0.4 is 0 Å². The second kappa shape index (κ2) is 6.31. The van der Waals surface area contributed by atoms with E-state index in [1.54, 1.807) is 6.92 Å². The van der Waals surface area contributed by atoms with E-state index in [1.165, 1.54) is 29.6 Å². The van der Waals surface area contributed by atoms with Crippen LogP contribution in [0.1, 0.15) is 17.3 Å². The van der Waals surface area contributed by atoms with Crippen molar-refractivity contribution < 1.29 is 22.7 Å². The summed E-state index contributed by atoms with van der Waals surface area (Å²) < 4.78 is 36.5. The highest BCUT2D eigenvalue weighted by Gasteiger charge is 2.31. The van der Waals surface area contributed by atoms with E-state index in [-0.39, 0.29) is 34.7 Å². The van der Waals surface area contributed by atoms with Crippen molar-refractivity contribution in [2.24, 2.45) is 0 Å². The number of nitrogens with zero attached hydrogens (tertiary/aromatic N) is 1. The van der Waals surface area contributed by atoms with E-state index in [0.29, 0.717) is 6.61 Å². The Bertz CT molecular complexity index is 646. The van der Waals surface area contributed by atoms with Crippen molar-refractivity contribution in [2.75, 3.05) is 26.8 Å². The van der Waals surface area contributed by atoms with Crippen LogP contribution in [0.25, 0.3) is 0 Å². The summed E-state index contributed by atoms with van der Waals surface area (Å²) in [4.78, 5) is 11.4. The van der Waals surface area contributed by atoms with E-state index in [1.807, 2.05) is 0 Å². The predicted molar refractivity (Wildman–Crippen MR) is 77.0 cm³/mol. The molecule has 0 aromatic heterocycles. The largest absolute Gasteiger partial charge is 0.465 e. The minimum Gasteiger partial charge on any atom is -0.465 e. The molecule has 1 atom stereocenters. The van der Waals surface area contributed by atoms with Crippen molar-refractivity contribution in [3.63, 3.8) is 0 Å². The first-order valence-electron chi connectivity index (χ1n) is 6.36. The van der Waals surface area contributed by atoms with E-state index in [2.05, 4.69) is 4.74 Å². The van der Waals surface area contributed by atoms with Gasteiger partial charge in [0.2, 0.25) is 10.0 Å². The lowest BCUT2D eigenvalue weighted by atomic mass is 10.2. The van der Waals surface area contributed by atoms with Crippen molar-refractivity contribution in [1.82, 2.24) is 4.31 Å². The van der Waals surface area contributed by atoms with Gasteiger partial charge in [0.25, 0.3) is 0 Å². The third-order valence-corrected chi connectivity index (χ3v) is 5.52. The third-order valence-electron chi connectivity index (χ3n) is 3.17. The molecule has 1 aromatic rings. The van der Waals surface area contributed by atoms with Gasteiger partial charge in [-0.05, 0) is 25.1 Å². The van der Waals surface area contributed by atoms with Gasteiger partial charge in [-0.1, -0.05) is 11.6 Å². The third kappa shape index (κ3) is 3.37. The molecule has 1 aromatic carbocycles. The zero-order valence-corrected chi connectivity index (χ0v) is 13.3. The van der Waals surface area contributed by atoms with Crippen LogP contribution in [0.4, 0.5) is 0 Å². The number of methoxy groups -OCH3 is 1. The van der Waals surface area contributed by atoms with Gasteiger partial charge >= 0.3 is 5.97 Å². The molecule has 0 spiro atoms. The van der Waals surface area contributed by atoms with Crippen LogP contribution in [0.5, 0.6) is 0 Å². The molecule has 0 amide bonds. The molecule has 1 fully saturated rings. The van der Waals surface area contributed by atoms with Gasteiger partial charge in [0, 0.05) is 13.1 Å². The number of morpholine rings is 1. The van der Waals surface area contributed by atoms with Crippen LogP contribution in [0.2, 0.25) is 5.02 Å². The van der Waals surface area contributed by atoms with Gasteiger partial charge < -0.3 is 9.47 Å². The molecule has 1 heterocycles. The fourth-order valence-electron chi connectivity index (χ4n) is 2.09. The minimum absolute atomic E-state index is 0.0711. The number of hydrogen-bond acceptors (Lipinski definition) is 5. The monoisotopic (exact) mass is 333 g/mol. The Morgan fingerprint density at radius 3 is 2.81 bits per heavy atom. The summed E-state index contributed by atoms with van der Waals surface area (Å²) >= 11 is 6.00. The zero-order valence-electron chi connectivity index (χ0n) is 11.7. The van der Waals surface area contributed by atoms with Crippen LogP contribution in [0.3, 0.4) is 0 Å². The van der Waals surface area contributed by atoms with Crippen LogP contribution in [0, 0.1) is 0 Å². The average Bonchev–Trinajstić information content (AvgIpc) is 2.46. The summed E-state index contributed by atoms with van der Waals surface area (Å²) in [5.41, 5.74) is 0.141. The van der Waals surface area contributed by atoms with Gasteiger partial charge in [-0.3, -0.25) is 0 Å². The number of carbonyl (C=O) groups is 1. The molecule has 21 heavy (non-hydrogen) atoms. The van der Waals surface area contributed by atoms with Gasteiger partial charge in [0.1, 0.15) is 4.90 Å². The SMILES string of the molecule is COC(=O)c1ccc(Cl)c(S(=O)(=O)N2CCOC(C)C2)c1. The van der Waals surface area contributed by atoms with Crippen LogP contribution in [-0.2, 0) is 19.5 Å². The molecular weight excluding hydrogens is 318 g/mol.